The molecule has 0 aliphatic carbocycles. The Bertz CT molecular complexity index is 280. The highest BCUT2D eigenvalue weighted by molar-refractivity contribution is 5.21. The summed E-state index contributed by atoms with van der Waals surface area (Å²) in [7, 11) is 0. The second-order valence-electron chi connectivity index (χ2n) is 5.30. The zero-order chi connectivity index (χ0) is 10.8. The molecule has 0 aliphatic heterocycles. The van der Waals surface area contributed by atoms with Gasteiger partial charge in [-0.2, -0.15) is 0 Å². The standard InChI is InChI=1S/C13H19F/c1-12(2,3)10-13(4,14)11-8-6-5-7-9-11/h5-9H,10H2,1-4H3/t13-/m0/s1. The van der Waals surface area contributed by atoms with Crippen molar-refractivity contribution in [2.45, 2.75) is 39.8 Å². The molecule has 0 heterocycles. The highest BCUT2D eigenvalue weighted by Gasteiger charge is 2.31. The van der Waals surface area contributed by atoms with Crippen LogP contribution < -0.4 is 0 Å². The smallest absolute Gasteiger partial charge is 0.133 e. The summed E-state index contributed by atoms with van der Waals surface area (Å²) < 4.78 is 14.3. The van der Waals surface area contributed by atoms with Gasteiger partial charge >= 0.3 is 0 Å². The molecule has 0 N–H and O–H groups in total. The number of hydrogen-bond acceptors (Lipinski definition) is 0. The molecule has 1 heteroatoms. The maximum Gasteiger partial charge on any atom is 0.133 e. The average molecular weight is 194 g/mol. The molecule has 0 aromatic heterocycles. The van der Waals surface area contributed by atoms with Gasteiger partial charge < -0.3 is 0 Å². The van der Waals surface area contributed by atoms with Crippen molar-refractivity contribution in [1.29, 1.82) is 0 Å². The van der Waals surface area contributed by atoms with Gasteiger partial charge in [0.05, 0.1) is 0 Å². The van der Waals surface area contributed by atoms with Crippen LogP contribution in [-0.4, -0.2) is 0 Å². The van der Waals surface area contributed by atoms with Gasteiger partial charge in [-0.05, 0) is 24.3 Å². The van der Waals surface area contributed by atoms with Crippen LogP contribution in [0.1, 0.15) is 39.7 Å². The predicted molar refractivity (Wildman–Crippen MR) is 59.0 cm³/mol. The van der Waals surface area contributed by atoms with E-state index in [1.807, 2.05) is 30.3 Å². The summed E-state index contributed by atoms with van der Waals surface area (Å²) in [6.45, 7) is 7.85. The van der Waals surface area contributed by atoms with E-state index in [4.69, 9.17) is 0 Å². The molecule has 0 aliphatic rings. The molecule has 0 amide bonds. The van der Waals surface area contributed by atoms with E-state index >= 15 is 0 Å². The van der Waals surface area contributed by atoms with Gasteiger partial charge in [-0.1, -0.05) is 51.1 Å². The highest BCUT2D eigenvalue weighted by atomic mass is 19.1. The van der Waals surface area contributed by atoms with Crippen molar-refractivity contribution >= 4 is 0 Å². The topological polar surface area (TPSA) is 0 Å². The van der Waals surface area contributed by atoms with Crippen molar-refractivity contribution in [3.8, 4) is 0 Å². The first-order valence-electron chi connectivity index (χ1n) is 5.06. The molecule has 1 aromatic rings. The fourth-order valence-corrected chi connectivity index (χ4v) is 1.88. The Morgan fingerprint density at radius 3 is 1.93 bits per heavy atom. The molecular weight excluding hydrogens is 175 g/mol. The van der Waals surface area contributed by atoms with Gasteiger partial charge in [0, 0.05) is 0 Å². The number of rotatable bonds is 2. The number of benzene rings is 1. The highest BCUT2D eigenvalue weighted by Crippen LogP contribution is 2.37. The zero-order valence-corrected chi connectivity index (χ0v) is 9.47. The first-order chi connectivity index (χ1) is 6.31. The van der Waals surface area contributed by atoms with Crippen molar-refractivity contribution in [2.24, 2.45) is 5.41 Å². The van der Waals surface area contributed by atoms with Crippen LogP contribution in [0.15, 0.2) is 30.3 Å². The van der Waals surface area contributed by atoms with Crippen LogP contribution in [0, 0.1) is 5.41 Å². The van der Waals surface area contributed by atoms with Gasteiger partial charge in [-0.15, -0.1) is 0 Å². The van der Waals surface area contributed by atoms with Crippen LogP contribution in [-0.2, 0) is 5.67 Å². The van der Waals surface area contributed by atoms with Crippen LogP contribution >= 0.6 is 0 Å². The lowest BCUT2D eigenvalue weighted by atomic mass is 9.80. The molecule has 0 unspecified atom stereocenters. The monoisotopic (exact) mass is 194 g/mol. The Hall–Kier alpha value is -0.850. The van der Waals surface area contributed by atoms with Gasteiger partial charge in [-0.25, -0.2) is 4.39 Å². The first kappa shape index (κ1) is 11.2. The third-order valence-corrected chi connectivity index (χ3v) is 2.24. The van der Waals surface area contributed by atoms with Crippen molar-refractivity contribution in [2.75, 3.05) is 0 Å². The van der Waals surface area contributed by atoms with Crippen molar-refractivity contribution in [3.63, 3.8) is 0 Å². The summed E-state index contributed by atoms with van der Waals surface area (Å²) in [6.07, 6.45) is 0.546. The molecule has 1 atom stereocenters. The Kier molecular flexibility index (Phi) is 2.98. The van der Waals surface area contributed by atoms with Crippen LogP contribution in [0.2, 0.25) is 0 Å². The summed E-state index contributed by atoms with van der Waals surface area (Å²) in [5.41, 5.74) is -0.436. The maximum atomic E-state index is 14.3. The predicted octanol–water partition coefficient (Wildman–Crippen LogP) is 4.31. The van der Waals surface area contributed by atoms with Gasteiger partial charge in [0.15, 0.2) is 0 Å². The second-order valence-corrected chi connectivity index (χ2v) is 5.30. The van der Waals surface area contributed by atoms with E-state index in [2.05, 4.69) is 20.8 Å². The molecule has 14 heavy (non-hydrogen) atoms. The van der Waals surface area contributed by atoms with Crippen molar-refractivity contribution < 1.29 is 4.39 Å². The van der Waals surface area contributed by atoms with Gasteiger partial charge in [0.25, 0.3) is 0 Å². The summed E-state index contributed by atoms with van der Waals surface area (Å²) in [6, 6.07) is 9.39. The molecule has 78 valence electrons. The summed E-state index contributed by atoms with van der Waals surface area (Å²) in [5, 5.41) is 0. The molecule has 0 saturated heterocycles. The average Bonchev–Trinajstić information content (AvgIpc) is 2.01. The van der Waals surface area contributed by atoms with Gasteiger partial charge in [0.2, 0.25) is 0 Å². The molecule has 0 nitrogen and oxygen atoms in total. The largest absolute Gasteiger partial charge is 0.239 e. The maximum absolute atomic E-state index is 14.3. The second kappa shape index (κ2) is 3.72. The lowest BCUT2D eigenvalue weighted by Gasteiger charge is -2.29. The number of hydrogen-bond donors (Lipinski definition) is 0. The summed E-state index contributed by atoms with van der Waals surface area (Å²) in [4.78, 5) is 0. The summed E-state index contributed by atoms with van der Waals surface area (Å²) in [5.74, 6) is 0. The van der Waals surface area contributed by atoms with Gasteiger partial charge in [-0.3, -0.25) is 0 Å². The van der Waals surface area contributed by atoms with Gasteiger partial charge in [0.1, 0.15) is 5.67 Å². The van der Waals surface area contributed by atoms with Crippen LogP contribution in [0.3, 0.4) is 0 Å². The fraction of sp³-hybridized carbons (Fsp3) is 0.538. The Morgan fingerprint density at radius 2 is 1.50 bits per heavy atom. The fourth-order valence-electron chi connectivity index (χ4n) is 1.88. The molecule has 0 fully saturated rings. The SMILES string of the molecule is CC(C)(C)C[C@](C)(F)c1ccccc1. The Morgan fingerprint density at radius 1 is 1.00 bits per heavy atom. The van der Waals surface area contributed by atoms with Crippen molar-refractivity contribution in [3.05, 3.63) is 35.9 Å². The Labute approximate surface area is 86.2 Å². The third kappa shape index (κ3) is 3.13. The van der Waals surface area contributed by atoms with E-state index in [9.17, 15) is 4.39 Å². The molecule has 1 aromatic carbocycles. The van der Waals surface area contributed by atoms with E-state index < -0.39 is 5.67 Å². The zero-order valence-electron chi connectivity index (χ0n) is 9.47. The van der Waals surface area contributed by atoms with Crippen LogP contribution in [0.4, 0.5) is 4.39 Å². The minimum Gasteiger partial charge on any atom is -0.239 e. The molecule has 0 spiro atoms. The molecule has 0 saturated carbocycles. The normalized spacial score (nSPS) is 16.4. The molecule has 0 bridgehead atoms. The lowest BCUT2D eigenvalue weighted by molar-refractivity contribution is 0.118. The minimum absolute atomic E-state index is 0.0132. The molecule has 1 rings (SSSR count). The minimum atomic E-state index is -1.22. The van der Waals surface area contributed by atoms with E-state index in [1.54, 1.807) is 6.92 Å². The quantitative estimate of drug-likeness (QED) is 0.658. The van der Waals surface area contributed by atoms with E-state index in [0.29, 0.717) is 6.42 Å². The van der Waals surface area contributed by atoms with E-state index in [-0.39, 0.29) is 5.41 Å². The summed E-state index contributed by atoms with van der Waals surface area (Å²) >= 11 is 0. The Balaban J connectivity index is 2.86. The van der Waals surface area contributed by atoms with Crippen LogP contribution in [0.5, 0.6) is 0 Å². The lowest BCUT2D eigenvalue weighted by Crippen LogP contribution is -2.23. The number of alkyl halides is 1. The number of halogens is 1. The molecular formula is C13H19F. The first-order valence-corrected chi connectivity index (χ1v) is 5.06. The third-order valence-electron chi connectivity index (χ3n) is 2.24. The molecule has 0 radical (unpaired) electrons. The van der Waals surface area contributed by atoms with Crippen LogP contribution in [0.25, 0.3) is 0 Å². The van der Waals surface area contributed by atoms with E-state index in [1.165, 1.54) is 0 Å². The van der Waals surface area contributed by atoms with Crippen molar-refractivity contribution in [1.82, 2.24) is 0 Å². The van der Waals surface area contributed by atoms with E-state index in [0.717, 1.165) is 5.56 Å².